The molecule has 1 aliphatic rings. The average molecular weight is 273 g/mol. The molecule has 0 amide bonds. The fourth-order valence-electron chi connectivity index (χ4n) is 1.57. The van der Waals surface area contributed by atoms with Crippen LogP contribution in [0.2, 0.25) is 0 Å². The van der Waals surface area contributed by atoms with Crippen LogP contribution in [0.3, 0.4) is 0 Å². The number of carboxylic acid groups (broad SMARTS) is 1. The van der Waals surface area contributed by atoms with Crippen LogP contribution in [0.5, 0.6) is 0 Å². The van der Waals surface area contributed by atoms with E-state index < -0.39 is 24.3 Å². The minimum Gasteiger partial charge on any atom is -0.480 e. The Hall–Kier alpha value is -1.86. The third kappa shape index (κ3) is 4.72. The highest BCUT2D eigenvalue weighted by Gasteiger charge is 2.30. The Labute approximate surface area is 111 Å². The van der Waals surface area contributed by atoms with Crippen LogP contribution in [0.4, 0.5) is 0 Å². The minimum absolute atomic E-state index is 0.252. The molecule has 0 aliphatic carbocycles. The van der Waals surface area contributed by atoms with Gasteiger partial charge >= 0.3 is 11.9 Å². The molecule has 1 rings (SSSR count). The predicted molar refractivity (Wildman–Crippen MR) is 63.7 cm³/mol. The zero-order valence-corrected chi connectivity index (χ0v) is 11.3. The Morgan fingerprint density at radius 1 is 1.37 bits per heavy atom. The topological polar surface area (TPSA) is 101 Å². The zero-order valence-electron chi connectivity index (χ0n) is 11.3. The highest BCUT2D eigenvalue weighted by atomic mass is 16.8. The maximum atomic E-state index is 11.3. The molecule has 1 saturated heterocycles. The van der Waals surface area contributed by atoms with Crippen LogP contribution in [-0.4, -0.2) is 40.9 Å². The van der Waals surface area contributed by atoms with Crippen molar-refractivity contribution in [1.82, 2.24) is 5.01 Å². The van der Waals surface area contributed by atoms with Gasteiger partial charge in [-0.3, -0.25) is 9.80 Å². The number of aliphatic carboxylic acids is 1. The number of carbonyl (C=O) groups is 2. The molecule has 0 spiro atoms. The van der Waals surface area contributed by atoms with Crippen LogP contribution in [0, 0.1) is 5.92 Å². The minimum atomic E-state index is -0.935. The number of ether oxygens (including phenoxy) is 1. The van der Waals surface area contributed by atoms with Gasteiger partial charge in [-0.1, -0.05) is 13.8 Å². The van der Waals surface area contributed by atoms with Gasteiger partial charge in [0.1, 0.15) is 6.04 Å². The Balaban J connectivity index is 2.37. The summed E-state index contributed by atoms with van der Waals surface area (Å²) in [6.07, 6.45) is 0.421. The lowest BCUT2D eigenvalue weighted by molar-refractivity contribution is -0.181. The summed E-state index contributed by atoms with van der Waals surface area (Å²) in [6.45, 7) is 5.44. The molecule has 1 heterocycles. The van der Waals surface area contributed by atoms with Crippen molar-refractivity contribution < 1.29 is 24.3 Å². The quantitative estimate of drug-likeness (QED) is 0.339. The smallest absolute Gasteiger partial charge is 0.328 e. The largest absolute Gasteiger partial charge is 0.480 e. The van der Waals surface area contributed by atoms with Gasteiger partial charge in [-0.2, -0.15) is 0 Å². The molecule has 0 radical (unpaired) electrons. The lowest BCUT2D eigenvalue weighted by Crippen LogP contribution is -2.31. The van der Waals surface area contributed by atoms with Gasteiger partial charge < -0.3 is 14.7 Å². The van der Waals surface area contributed by atoms with Crippen molar-refractivity contribution in [2.75, 3.05) is 6.54 Å². The summed E-state index contributed by atoms with van der Waals surface area (Å²) in [7, 11) is 0. The predicted octanol–water partition coefficient (Wildman–Crippen LogP) is 1.38. The maximum Gasteiger partial charge on any atom is 0.328 e. The number of hydrogen-bond donors (Lipinski definition) is 1. The van der Waals surface area contributed by atoms with E-state index in [4.69, 9.17) is 14.7 Å². The molecule has 2 unspecified atom stereocenters. The molecule has 1 fully saturated rings. The number of carbonyl (C=O) groups excluding carboxylic acids is 1. The zero-order chi connectivity index (χ0) is 14.4. The number of rotatable bonds is 6. The van der Waals surface area contributed by atoms with Gasteiger partial charge in [0.25, 0.3) is 6.29 Å². The van der Waals surface area contributed by atoms with Crippen molar-refractivity contribution in [1.29, 1.82) is 0 Å². The normalized spacial score (nSPS) is 20.8. The molecule has 108 valence electrons. The average Bonchev–Trinajstić information content (AvgIpc) is 2.77. The molecule has 0 saturated carbocycles. The number of carboxylic acids is 1. The van der Waals surface area contributed by atoms with E-state index >= 15 is 0 Å². The molecule has 8 heteroatoms. The van der Waals surface area contributed by atoms with E-state index in [1.54, 1.807) is 13.8 Å². The lowest BCUT2D eigenvalue weighted by Gasteiger charge is -2.16. The van der Waals surface area contributed by atoms with Crippen molar-refractivity contribution in [3.8, 4) is 0 Å². The second-order valence-corrected chi connectivity index (χ2v) is 4.60. The summed E-state index contributed by atoms with van der Waals surface area (Å²) in [5.41, 5.74) is 0. The number of nitrogens with zero attached hydrogens (tertiary/aromatic N) is 3. The fraction of sp³-hybridized carbons (Fsp3) is 0.818. The molecule has 0 aromatic heterocycles. The number of hydrogen-bond acceptors (Lipinski definition) is 6. The molecular formula is C11H19N3O5. The van der Waals surface area contributed by atoms with E-state index in [1.165, 1.54) is 11.9 Å². The van der Waals surface area contributed by atoms with Crippen LogP contribution >= 0.6 is 0 Å². The number of esters is 1. The van der Waals surface area contributed by atoms with Crippen molar-refractivity contribution in [3.05, 3.63) is 0 Å². The second kappa shape index (κ2) is 6.91. The van der Waals surface area contributed by atoms with Crippen LogP contribution in [0.25, 0.3) is 0 Å². The van der Waals surface area contributed by atoms with Gasteiger partial charge in [-0.25, -0.2) is 4.79 Å². The van der Waals surface area contributed by atoms with E-state index in [9.17, 15) is 9.59 Å². The van der Waals surface area contributed by atoms with Crippen molar-refractivity contribution in [2.24, 2.45) is 16.4 Å². The van der Waals surface area contributed by atoms with Crippen LogP contribution in [0.15, 0.2) is 10.5 Å². The third-order valence-corrected chi connectivity index (χ3v) is 2.61. The van der Waals surface area contributed by atoms with Gasteiger partial charge in [0.15, 0.2) is 0 Å². The third-order valence-electron chi connectivity index (χ3n) is 2.61. The van der Waals surface area contributed by atoms with Gasteiger partial charge in [-0.15, -0.1) is 0 Å². The van der Waals surface area contributed by atoms with Crippen LogP contribution in [0.1, 0.15) is 33.6 Å². The Kier molecular flexibility index (Phi) is 5.53. The Morgan fingerprint density at radius 3 is 2.63 bits per heavy atom. The fourth-order valence-corrected chi connectivity index (χ4v) is 1.57. The van der Waals surface area contributed by atoms with Crippen LogP contribution < -0.4 is 0 Å². The molecule has 1 aliphatic heterocycles. The standard InChI is InChI=1S/C11H19N3O5/c1-7(2)11(17)18-8(3)19-13-12-14-6-4-5-9(14)10(15)16/h7-9H,4-6H2,1-3H3,(H,15,16). The van der Waals surface area contributed by atoms with E-state index in [-0.39, 0.29) is 5.92 Å². The van der Waals surface area contributed by atoms with Crippen molar-refractivity contribution >= 4 is 11.9 Å². The monoisotopic (exact) mass is 273 g/mol. The molecule has 0 aromatic rings. The summed E-state index contributed by atoms with van der Waals surface area (Å²) in [6, 6.07) is -0.666. The molecular weight excluding hydrogens is 254 g/mol. The molecule has 8 nitrogen and oxygen atoms in total. The first kappa shape index (κ1) is 15.2. The molecule has 19 heavy (non-hydrogen) atoms. The summed E-state index contributed by atoms with van der Waals surface area (Å²) in [5.74, 6) is -1.58. The van der Waals surface area contributed by atoms with Gasteiger partial charge in [0.2, 0.25) is 0 Å². The highest BCUT2D eigenvalue weighted by Crippen LogP contribution is 2.17. The molecule has 0 bridgehead atoms. The molecule has 1 N–H and O–H groups in total. The second-order valence-electron chi connectivity index (χ2n) is 4.60. The molecule has 2 atom stereocenters. The van der Waals surface area contributed by atoms with Crippen molar-refractivity contribution in [3.63, 3.8) is 0 Å². The van der Waals surface area contributed by atoms with Crippen molar-refractivity contribution in [2.45, 2.75) is 45.9 Å². The SMILES string of the molecule is CC(ON=NN1CCCC1C(=O)O)OC(=O)C(C)C. The van der Waals surface area contributed by atoms with E-state index in [0.29, 0.717) is 13.0 Å². The first-order valence-corrected chi connectivity index (χ1v) is 6.18. The van der Waals surface area contributed by atoms with Gasteiger partial charge in [0, 0.05) is 18.7 Å². The van der Waals surface area contributed by atoms with Crippen LogP contribution in [-0.2, 0) is 19.2 Å². The highest BCUT2D eigenvalue weighted by molar-refractivity contribution is 5.73. The van der Waals surface area contributed by atoms with E-state index in [1.807, 2.05) is 0 Å². The Morgan fingerprint density at radius 2 is 2.05 bits per heavy atom. The van der Waals surface area contributed by atoms with E-state index in [2.05, 4.69) is 10.5 Å². The van der Waals surface area contributed by atoms with E-state index in [0.717, 1.165) is 6.42 Å². The lowest BCUT2D eigenvalue weighted by atomic mass is 10.2. The first-order chi connectivity index (χ1) is 8.91. The van der Waals surface area contributed by atoms with Gasteiger partial charge in [0.05, 0.1) is 5.92 Å². The molecule has 0 aromatic carbocycles. The van der Waals surface area contributed by atoms with Gasteiger partial charge in [-0.05, 0) is 18.1 Å². The summed E-state index contributed by atoms with van der Waals surface area (Å²) >= 11 is 0. The first-order valence-electron chi connectivity index (χ1n) is 6.18. The summed E-state index contributed by atoms with van der Waals surface area (Å²) in [4.78, 5) is 27.0. The maximum absolute atomic E-state index is 11.3. The summed E-state index contributed by atoms with van der Waals surface area (Å²) in [5, 5.41) is 17.4. The summed E-state index contributed by atoms with van der Waals surface area (Å²) < 4.78 is 4.90. The Bertz CT molecular complexity index is 358.